The summed E-state index contributed by atoms with van der Waals surface area (Å²) in [4.78, 5) is 32.8. The molecular weight excluding hydrogens is 400 g/mol. The number of hydrogen-bond donors (Lipinski definition) is 1. The molecule has 1 saturated heterocycles. The molecule has 0 aliphatic carbocycles. The van der Waals surface area contributed by atoms with Gasteiger partial charge < -0.3 is 9.64 Å². The van der Waals surface area contributed by atoms with Gasteiger partial charge in [-0.3, -0.25) is 10.2 Å². The molecule has 148 valence electrons. The largest absolute Gasteiger partial charge is 0.453 e. The molecule has 3 heterocycles. The van der Waals surface area contributed by atoms with Crippen LogP contribution in [0, 0.1) is 0 Å². The summed E-state index contributed by atoms with van der Waals surface area (Å²) in [5.74, 6) is 0. The Morgan fingerprint density at radius 3 is 2.93 bits per heavy atom. The number of urea groups is 1. The highest BCUT2D eigenvalue weighted by Gasteiger charge is 2.50. The molecule has 1 fully saturated rings. The van der Waals surface area contributed by atoms with E-state index in [-0.39, 0.29) is 17.5 Å². The number of rotatable bonds is 2. The van der Waals surface area contributed by atoms with Crippen molar-refractivity contribution in [1.82, 2.24) is 9.88 Å². The van der Waals surface area contributed by atoms with E-state index in [4.69, 9.17) is 16.3 Å². The van der Waals surface area contributed by atoms with Crippen LogP contribution in [-0.4, -0.2) is 48.8 Å². The molecule has 1 N–H and O–H groups in total. The Hall–Kier alpha value is -2.32. The average molecular weight is 421 g/mol. The summed E-state index contributed by atoms with van der Waals surface area (Å²) in [6.45, 7) is 3.58. The number of fused-ring (bicyclic) bond motifs is 2. The third-order valence-corrected chi connectivity index (χ3v) is 6.48. The first-order chi connectivity index (χ1) is 13.5. The summed E-state index contributed by atoms with van der Waals surface area (Å²) in [5.41, 5.74) is 2.43. The second-order valence-corrected chi connectivity index (χ2v) is 8.39. The van der Waals surface area contributed by atoms with E-state index in [0.717, 1.165) is 29.8 Å². The zero-order chi connectivity index (χ0) is 19.9. The van der Waals surface area contributed by atoms with Gasteiger partial charge in [0.1, 0.15) is 0 Å². The Morgan fingerprint density at radius 1 is 1.39 bits per heavy atom. The molecule has 0 saturated carbocycles. The second-order valence-electron chi connectivity index (χ2n) is 7.10. The first-order valence-electron chi connectivity index (χ1n) is 9.11. The van der Waals surface area contributed by atoms with Crippen molar-refractivity contribution in [2.75, 3.05) is 37.0 Å². The molecule has 1 unspecified atom stereocenters. The molecule has 0 bridgehead atoms. The topological polar surface area (TPSA) is 74.8 Å². The molecular formula is C19H21ClN4O3S. The molecule has 0 radical (unpaired) electrons. The Labute approximate surface area is 172 Å². The molecule has 2 aromatic rings. The van der Waals surface area contributed by atoms with Crippen LogP contribution in [-0.2, 0) is 16.6 Å². The molecule has 3 amide bonds. The van der Waals surface area contributed by atoms with Gasteiger partial charge in [0.05, 0.1) is 12.8 Å². The minimum absolute atomic E-state index is 0.228. The number of nitrogens with one attached hydrogen (secondary N) is 1. The van der Waals surface area contributed by atoms with Crippen molar-refractivity contribution in [2.24, 2.45) is 0 Å². The number of carbonyl (C=O) groups is 2. The fourth-order valence-corrected chi connectivity index (χ4v) is 4.97. The lowest BCUT2D eigenvalue weighted by molar-refractivity contribution is 0.131. The van der Waals surface area contributed by atoms with Gasteiger partial charge >= 0.3 is 12.1 Å². The normalized spacial score (nSPS) is 20.5. The zero-order valence-electron chi connectivity index (χ0n) is 15.7. The number of aryl methyl sites for hydroxylation is 1. The van der Waals surface area contributed by atoms with Crippen molar-refractivity contribution in [3.63, 3.8) is 0 Å². The number of benzene rings is 1. The van der Waals surface area contributed by atoms with Gasteiger partial charge in [0.2, 0.25) is 0 Å². The van der Waals surface area contributed by atoms with Crippen molar-refractivity contribution in [2.45, 2.75) is 25.2 Å². The second kappa shape index (κ2) is 7.25. The molecule has 2 aliphatic heterocycles. The van der Waals surface area contributed by atoms with Gasteiger partial charge in [-0.1, -0.05) is 18.5 Å². The Balaban J connectivity index is 1.62. The highest BCUT2D eigenvalue weighted by molar-refractivity contribution is 7.13. The fourth-order valence-electron chi connectivity index (χ4n) is 4.01. The third kappa shape index (κ3) is 3.20. The van der Waals surface area contributed by atoms with Gasteiger partial charge in [-0.25, -0.2) is 14.6 Å². The maximum absolute atomic E-state index is 13.0. The average Bonchev–Trinajstić information content (AvgIpc) is 3.40. The van der Waals surface area contributed by atoms with E-state index in [1.807, 2.05) is 24.4 Å². The van der Waals surface area contributed by atoms with Gasteiger partial charge in [-0.2, -0.15) is 0 Å². The summed E-state index contributed by atoms with van der Waals surface area (Å²) in [5, 5.41) is 6.05. The molecule has 4 rings (SSSR count). The summed E-state index contributed by atoms with van der Waals surface area (Å²) >= 11 is 7.67. The van der Waals surface area contributed by atoms with E-state index in [2.05, 4.69) is 10.3 Å². The van der Waals surface area contributed by atoms with Crippen LogP contribution in [0.3, 0.4) is 0 Å². The van der Waals surface area contributed by atoms with Gasteiger partial charge in [0.25, 0.3) is 0 Å². The number of nitrogens with zero attached hydrogens (tertiary/aromatic N) is 3. The van der Waals surface area contributed by atoms with E-state index in [0.29, 0.717) is 29.8 Å². The van der Waals surface area contributed by atoms with Gasteiger partial charge in [-0.15, -0.1) is 11.3 Å². The lowest BCUT2D eigenvalue weighted by Crippen LogP contribution is -2.41. The number of halogens is 1. The summed E-state index contributed by atoms with van der Waals surface area (Å²) in [6, 6.07) is 5.33. The minimum atomic E-state index is -0.349. The smallest absolute Gasteiger partial charge is 0.409 e. The van der Waals surface area contributed by atoms with Gasteiger partial charge in [0.15, 0.2) is 5.13 Å². The van der Waals surface area contributed by atoms with Crippen molar-refractivity contribution in [3.05, 3.63) is 39.9 Å². The van der Waals surface area contributed by atoms with E-state index in [9.17, 15) is 9.59 Å². The number of anilines is 2. The highest BCUT2D eigenvalue weighted by Crippen LogP contribution is 2.47. The van der Waals surface area contributed by atoms with Gasteiger partial charge in [-0.05, 0) is 36.6 Å². The number of hydrogen-bond acceptors (Lipinski definition) is 5. The van der Waals surface area contributed by atoms with Crippen molar-refractivity contribution >= 4 is 45.9 Å². The SMILES string of the molecule is CCc1csc(NC(=O)N2CC3(CCN(C(=O)OC)C3)c3cc(Cl)ccc32)n1. The van der Waals surface area contributed by atoms with Crippen LogP contribution in [0.1, 0.15) is 24.6 Å². The third-order valence-electron chi connectivity index (χ3n) is 5.44. The monoisotopic (exact) mass is 420 g/mol. The van der Waals surface area contributed by atoms with Crippen LogP contribution in [0.2, 0.25) is 5.02 Å². The molecule has 1 atom stereocenters. The Kier molecular flexibility index (Phi) is 4.93. The molecule has 1 spiro atoms. The fraction of sp³-hybridized carbons (Fsp3) is 0.421. The predicted octanol–water partition coefficient (Wildman–Crippen LogP) is 4.12. The van der Waals surface area contributed by atoms with Crippen LogP contribution in [0.25, 0.3) is 0 Å². The first kappa shape index (κ1) is 19.0. The maximum Gasteiger partial charge on any atom is 0.409 e. The van der Waals surface area contributed by atoms with Crippen molar-refractivity contribution < 1.29 is 14.3 Å². The summed E-state index contributed by atoms with van der Waals surface area (Å²) < 4.78 is 4.88. The number of carbonyl (C=O) groups excluding carboxylic acids is 2. The quantitative estimate of drug-likeness (QED) is 0.792. The number of ether oxygens (including phenoxy) is 1. The number of thiazole rings is 1. The number of likely N-dealkylation sites (tertiary alicyclic amines) is 1. The molecule has 2 aliphatic rings. The number of methoxy groups -OCH3 is 1. The summed E-state index contributed by atoms with van der Waals surface area (Å²) in [7, 11) is 1.38. The molecule has 9 heteroatoms. The first-order valence-corrected chi connectivity index (χ1v) is 10.4. The van der Waals surface area contributed by atoms with Crippen LogP contribution < -0.4 is 10.2 Å². The van der Waals surface area contributed by atoms with Crippen molar-refractivity contribution in [3.8, 4) is 0 Å². The molecule has 7 nitrogen and oxygen atoms in total. The zero-order valence-corrected chi connectivity index (χ0v) is 17.3. The Morgan fingerprint density at radius 2 is 2.21 bits per heavy atom. The highest BCUT2D eigenvalue weighted by atomic mass is 35.5. The maximum atomic E-state index is 13.0. The van der Waals surface area contributed by atoms with Crippen LogP contribution >= 0.6 is 22.9 Å². The van der Waals surface area contributed by atoms with E-state index >= 15 is 0 Å². The molecule has 28 heavy (non-hydrogen) atoms. The predicted molar refractivity (Wildman–Crippen MR) is 110 cm³/mol. The Bertz CT molecular complexity index is 934. The lowest BCUT2D eigenvalue weighted by atomic mass is 9.81. The van der Waals surface area contributed by atoms with E-state index in [1.54, 1.807) is 15.9 Å². The summed E-state index contributed by atoms with van der Waals surface area (Å²) in [6.07, 6.45) is 1.22. The molecule has 1 aromatic heterocycles. The minimum Gasteiger partial charge on any atom is -0.453 e. The van der Waals surface area contributed by atoms with Crippen LogP contribution in [0.15, 0.2) is 23.6 Å². The van der Waals surface area contributed by atoms with Gasteiger partial charge in [0, 0.05) is 41.1 Å². The molecule has 1 aromatic carbocycles. The van der Waals surface area contributed by atoms with Crippen LogP contribution in [0.5, 0.6) is 0 Å². The standard InChI is InChI=1S/C19H21ClN4O3S/c1-3-13-9-28-16(21-13)22-17(25)24-11-19(6-7-23(10-19)18(26)27-2)14-8-12(20)4-5-15(14)24/h4-5,8-9H,3,6-7,10-11H2,1-2H3,(H,21,22,25). The number of aromatic nitrogens is 1. The van der Waals surface area contributed by atoms with Crippen LogP contribution in [0.4, 0.5) is 20.4 Å². The van der Waals surface area contributed by atoms with Crippen molar-refractivity contribution in [1.29, 1.82) is 0 Å². The number of amides is 3. The van der Waals surface area contributed by atoms with E-state index in [1.165, 1.54) is 18.4 Å². The lowest BCUT2D eigenvalue weighted by Gasteiger charge is -2.25. The van der Waals surface area contributed by atoms with E-state index < -0.39 is 0 Å².